The van der Waals surface area contributed by atoms with Gasteiger partial charge in [0.05, 0.1) is 0 Å². The van der Waals surface area contributed by atoms with Gasteiger partial charge in [-0.2, -0.15) is 0 Å². The van der Waals surface area contributed by atoms with Gasteiger partial charge in [-0.25, -0.2) is 13.6 Å². The van der Waals surface area contributed by atoms with Crippen LogP contribution in [0.2, 0.25) is 0 Å². The van der Waals surface area contributed by atoms with Crippen LogP contribution in [0.15, 0.2) is 18.2 Å². The molecule has 0 aromatic heterocycles. The number of anilines is 1. The highest BCUT2D eigenvalue weighted by Crippen LogP contribution is 2.33. The van der Waals surface area contributed by atoms with Gasteiger partial charge in [-0.05, 0) is 58.6 Å². The van der Waals surface area contributed by atoms with Crippen LogP contribution in [0.5, 0.6) is 0 Å². The van der Waals surface area contributed by atoms with E-state index >= 15 is 0 Å². The zero-order valence-corrected chi connectivity index (χ0v) is 16.6. The number of ether oxygens (including phenoxy) is 1. The van der Waals surface area contributed by atoms with Crippen LogP contribution in [0.4, 0.5) is 19.3 Å². The van der Waals surface area contributed by atoms with Crippen molar-refractivity contribution in [3.63, 3.8) is 0 Å². The Hall–Kier alpha value is -2.38. The topological polar surface area (TPSA) is 78.9 Å². The highest BCUT2D eigenvalue weighted by molar-refractivity contribution is 5.68. The molecule has 1 aliphatic rings. The zero-order chi connectivity index (χ0) is 20.9. The smallest absolute Gasteiger partial charge is 0.410 e. The molecule has 2 N–H and O–H groups in total. The minimum Gasteiger partial charge on any atom is -0.481 e. The Morgan fingerprint density at radius 2 is 1.86 bits per heavy atom. The molecule has 6 nitrogen and oxygen atoms in total. The highest BCUT2D eigenvalue weighted by atomic mass is 19.2. The van der Waals surface area contributed by atoms with Crippen molar-refractivity contribution in [3.8, 4) is 0 Å². The summed E-state index contributed by atoms with van der Waals surface area (Å²) in [4.78, 5) is 24.8. The highest BCUT2D eigenvalue weighted by Gasteiger charge is 2.37. The molecule has 8 heteroatoms. The van der Waals surface area contributed by atoms with Crippen LogP contribution in [0, 0.1) is 11.6 Å². The van der Waals surface area contributed by atoms with Crippen LogP contribution >= 0.6 is 0 Å². The third-order valence-corrected chi connectivity index (χ3v) is 4.75. The van der Waals surface area contributed by atoms with Crippen molar-refractivity contribution in [2.75, 3.05) is 18.4 Å². The number of piperidine rings is 1. The predicted octanol–water partition coefficient (Wildman–Crippen LogP) is 4.40. The number of nitrogens with one attached hydrogen (secondary N) is 1. The molecule has 0 unspecified atom stereocenters. The average Bonchev–Trinajstić information content (AvgIpc) is 2.57. The maximum atomic E-state index is 13.6. The van der Waals surface area contributed by atoms with Crippen LogP contribution in [0.3, 0.4) is 0 Å². The number of halogens is 2. The molecule has 0 saturated carbocycles. The first-order valence-electron chi connectivity index (χ1n) is 9.43. The van der Waals surface area contributed by atoms with E-state index in [9.17, 15) is 18.4 Å². The van der Waals surface area contributed by atoms with E-state index in [1.54, 1.807) is 25.7 Å². The van der Waals surface area contributed by atoms with Gasteiger partial charge in [0.15, 0.2) is 11.6 Å². The average molecular weight is 398 g/mol. The molecule has 1 aromatic carbocycles. The minimum atomic E-state index is -0.947. The van der Waals surface area contributed by atoms with Crippen LogP contribution in [-0.4, -0.2) is 46.3 Å². The third-order valence-electron chi connectivity index (χ3n) is 4.75. The Bertz CT molecular complexity index is 711. The number of hydrogen-bond donors (Lipinski definition) is 2. The molecule has 0 atom stereocenters. The van der Waals surface area contributed by atoms with Crippen molar-refractivity contribution in [3.05, 3.63) is 29.8 Å². The number of nitrogens with zero attached hydrogens (tertiary/aromatic N) is 1. The van der Waals surface area contributed by atoms with Gasteiger partial charge in [-0.15, -0.1) is 0 Å². The summed E-state index contributed by atoms with van der Waals surface area (Å²) < 4.78 is 32.2. The molecule has 156 valence electrons. The maximum Gasteiger partial charge on any atom is 0.410 e. The number of amides is 1. The summed E-state index contributed by atoms with van der Waals surface area (Å²) >= 11 is 0. The van der Waals surface area contributed by atoms with Crippen molar-refractivity contribution in [2.24, 2.45) is 0 Å². The monoisotopic (exact) mass is 398 g/mol. The Morgan fingerprint density at radius 3 is 2.39 bits per heavy atom. The number of carboxylic acid groups (broad SMARTS) is 1. The number of likely N-dealkylation sites (tertiary alicyclic amines) is 1. The number of rotatable bonds is 6. The Morgan fingerprint density at radius 1 is 1.21 bits per heavy atom. The minimum absolute atomic E-state index is 0.0248. The molecule has 28 heavy (non-hydrogen) atoms. The molecule has 2 rings (SSSR count). The van der Waals surface area contributed by atoms with Gasteiger partial charge in [0, 0.05) is 36.8 Å². The first-order chi connectivity index (χ1) is 13.0. The number of benzene rings is 1. The summed E-state index contributed by atoms with van der Waals surface area (Å²) in [6, 6.07) is 3.60. The number of aliphatic carboxylic acids is 1. The van der Waals surface area contributed by atoms with E-state index in [4.69, 9.17) is 9.84 Å². The molecule has 1 saturated heterocycles. The second kappa shape index (κ2) is 8.75. The SMILES string of the molecule is CC(C)(C)OC(=O)N1CCC(CCCC(=O)O)(Nc2ccc(F)c(F)c2)CC1. The van der Waals surface area contributed by atoms with Gasteiger partial charge in [0.25, 0.3) is 0 Å². The second-order valence-corrected chi connectivity index (χ2v) is 8.25. The van der Waals surface area contributed by atoms with E-state index in [-0.39, 0.29) is 12.5 Å². The van der Waals surface area contributed by atoms with Gasteiger partial charge < -0.3 is 20.1 Å². The van der Waals surface area contributed by atoms with Gasteiger partial charge in [-0.3, -0.25) is 4.79 Å². The first kappa shape index (κ1) is 21.9. The zero-order valence-electron chi connectivity index (χ0n) is 16.6. The van der Waals surface area contributed by atoms with Crippen molar-refractivity contribution in [1.82, 2.24) is 4.90 Å². The van der Waals surface area contributed by atoms with Gasteiger partial charge in [-0.1, -0.05) is 0 Å². The van der Waals surface area contributed by atoms with E-state index < -0.39 is 28.7 Å². The summed E-state index contributed by atoms with van der Waals surface area (Å²) in [7, 11) is 0. The van der Waals surface area contributed by atoms with E-state index in [2.05, 4.69) is 5.32 Å². The summed E-state index contributed by atoms with van der Waals surface area (Å²) in [5.41, 5.74) is -0.658. The van der Waals surface area contributed by atoms with E-state index in [1.807, 2.05) is 0 Å². The number of hydrogen-bond acceptors (Lipinski definition) is 4. The van der Waals surface area contributed by atoms with Crippen molar-refractivity contribution < 1.29 is 28.2 Å². The molecule has 1 aliphatic heterocycles. The lowest BCUT2D eigenvalue weighted by molar-refractivity contribution is -0.137. The molecule has 1 aromatic rings. The molecule has 0 spiro atoms. The first-order valence-corrected chi connectivity index (χ1v) is 9.43. The normalized spacial score (nSPS) is 16.5. The van der Waals surface area contributed by atoms with Gasteiger partial charge in [0.1, 0.15) is 5.60 Å². The lowest BCUT2D eigenvalue weighted by Gasteiger charge is -2.43. The third kappa shape index (κ3) is 6.35. The number of carbonyl (C=O) groups excluding carboxylic acids is 1. The van der Waals surface area contributed by atoms with Gasteiger partial charge >= 0.3 is 12.1 Å². The number of carbonyl (C=O) groups is 2. The summed E-state index contributed by atoms with van der Waals surface area (Å²) in [5, 5.41) is 12.2. The summed E-state index contributed by atoms with van der Waals surface area (Å²) in [6.07, 6.45) is 1.71. The standard InChI is InChI=1S/C20H28F2N2O4/c1-19(2,3)28-18(27)24-11-9-20(10-12-24,8-4-5-17(25)26)23-14-6-7-15(21)16(22)13-14/h6-7,13,23H,4-5,8-12H2,1-3H3,(H,25,26). The van der Waals surface area contributed by atoms with Crippen LogP contribution in [0.25, 0.3) is 0 Å². The largest absolute Gasteiger partial charge is 0.481 e. The van der Waals surface area contributed by atoms with Crippen molar-refractivity contribution in [1.29, 1.82) is 0 Å². The van der Waals surface area contributed by atoms with Crippen LogP contribution < -0.4 is 5.32 Å². The molecule has 0 radical (unpaired) electrons. The van der Waals surface area contributed by atoms with Crippen LogP contribution in [-0.2, 0) is 9.53 Å². The molecule has 1 amide bonds. The van der Waals surface area contributed by atoms with E-state index in [0.29, 0.717) is 44.5 Å². The number of carboxylic acids is 1. The van der Waals surface area contributed by atoms with E-state index in [1.165, 1.54) is 6.07 Å². The van der Waals surface area contributed by atoms with Crippen molar-refractivity contribution >= 4 is 17.7 Å². The molecule has 0 aliphatic carbocycles. The Labute approximate surface area is 163 Å². The lowest BCUT2D eigenvalue weighted by Crippen LogP contribution is -2.51. The Balaban J connectivity index is 2.09. The van der Waals surface area contributed by atoms with Gasteiger partial charge in [0.2, 0.25) is 0 Å². The predicted molar refractivity (Wildman–Crippen MR) is 101 cm³/mol. The quantitative estimate of drug-likeness (QED) is 0.742. The molecule has 1 fully saturated rings. The van der Waals surface area contributed by atoms with E-state index in [0.717, 1.165) is 12.1 Å². The fourth-order valence-electron chi connectivity index (χ4n) is 3.34. The molecule has 1 heterocycles. The maximum absolute atomic E-state index is 13.6. The fourth-order valence-corrected chi connectivity index (χ4v) is 3.34. The second-order valence-electron chi connectivity index (χ2n) is 8.25. The summed E-state index contributed by atoms with van der Waals surface area (Å²) in [6.45, 7) is 6.26. The molecular formula is C20H28F2N2O4. The summed E-state index contributed by atoms with van der Waals surface area (Å²) in [5.74, 6) is -2.75. The lowest BCUT2D eigenvalue weighted by atomic mass is 9.82. The van der Waals surface area contributed by atoms with Crippen LogP contribution in [0.1, 0.15) is 52.9 Å². The van der Waals surface area contributed by atoms with Crippen molar-refractivity contribution in [2.45, 2.75) is 64.0 Å². The fraction of sp³-hybridized carbons (Fsp3) is 0.600. The molecular weight excluding hydrogens is 370 g/mol. The molecule has 0 bridgehead atoms. The Kier molecular flexibility index (Phi) is 6.85.